The van der Waals surface area contributed by atoms with Gasteiger partial charge < -0.3 is 35.2 Å². The third-order valence-corrected chi connectivity index (χ3v) is 17.4. The standard InChI is InChI=1S/C69H133NO11S/c1-3-5-7-9-11-13-15-17-19-21-22-23-24-25-26-27-28-29-30-31-32-33-34-35-36-37-38-39-40-41-42-43-45-47-49-51-53-55-57-59-65(73)70-62(61-79-69-67(75)68(81-82(76,77)78)66(74)64(60-71)80-69)63(72)58-56-54-52-50-48-46-44-20-18-16-14-12-10-8-6-4-2/h31-32,56,58,62-64,66-69,71-72,74-75H,3-30,33-55,57,59-61H2,1-2H3,(H,70,73)(H,76,77,78)/b32-31-,58-56+. The van der Waals surface area contributed by atoms with Gasteiger partial charge in [-0.2, -0.15) is 8.42 Å². The van der Waals surface area contributed by atoms with Gasteiger partial charge in [0.25, 0.3) is 0 Å². The Balaban J connectivity index is 2.14. The lowest BCUT2D eigenvalue weighted by molar-refractivity contribution is -0.298. The monoisotopic (exact) mass is 1180 g/mol. The molecule has 1 amide bonds. The largest absolute Gasteiger partial charge is 0.397 e. The molecule has 1 aliphatic heterocycles. The van der Waals surface area contributed by atoms with Crippen molar-refractivity contribution in [1.82, 2.24) is 5.32 Å². The molecule has 1 aliphatic rings. The van der Waals surface area contributed by atoms with Gasteiger partial charge in [0.15, 0.2) is 6.29 Å². The maximum atomic E-state index is 13.2. The smallest absolute Gasteiger partial charge is 0.394 e. The third kappa shape index (κ3) is 49.7. The number of rotatable bonds is 63. The summed E-state index contributed by atoms with van der Waals surface area (Å²) < 4.78 is 47.9. The van der Waals surface area contributed by atoms with Gasteiger partial charge in [-0.25, -0.2) is 4.18 Å². The molecule has 6 N–H and O–H groups in total. The molecular weight excluding hydrogens is 1050 g/mol. The number of carbonyl (C=O) groups excluding carboxylic acids is 1. The number of aliphatic hydroxyl groups excluding tert-OH is 4. The van der Waals surface area contributed by atoms with E-state index in [1.165, 1.54) is 289 Å². The van der Waals surface area contributed by atoms with E-state index in [-0.39, 0.29) is 18.9 Å². The summed E-state index contributed by atoms with van der Waals surface area (Å²) in [6.07, 6.45) is 67.1. The molecule has 486 valence electrons. The summed E-state index contributed by atoms with van der Waals surface area (Å²) in [4.78, 5) is 13.2. The Bertz CT molecular complexity index is 1530. The lowest BCUT2D eigenvalue weighted by Gasteiger charge is -2.41. The minimum Gasteiger partial charge on any atom is -0.394 e. The summed E-state index contributed by atoms with van der Waals surface area (Å²) in [5.74, 6) is -0.256. The van der Waals surface area contributed by atoms with E-state index < -0.39 is 59.9 Å². The van der Waals surface area contributed by atoms with Gasteiger partial charge in [-0.05, 0) is 44.9 Å². The predicted octanol–water partition coefficient (Wildman–Crippen LogP) is 18.3. The number of hydrogen-bond donors (Lipinski definition) is 6. The van der Waals surface area contributed by atoms with Crippen LogP contribution in [-0.2, 0) is 28.9 Å². The average molecular weight is 1180 g/mol. The van der Waals surface area contributed by atoms with Crippen LogP contribution in [0.4, 0.5) is 0 Å². The first kappa shape index (κ1) is 78.6. The number of allylic oxidation sites excluding steroid dienone is 3. The number of carbonyl (C=O) groups is 1. The molecule has 0 aromatic heterocycles. The first-order chi connectivity index (χ1) is 40.0. The van der Waals surface area contributed by atoms with Crippen molar-refractivity contribution in [1.29, 1.82) is 0 Å². The summed E-state index contributed by atoms with van der Waals surface area (Å²) in [6, 6.07) is -0.943. The van der Waals surface area contributed by atoms with Crippen LogP contribution in [0.25, 0.3) is 0 Å². The number of hydrogen-bond acceptors (Lipinski definition) is 10. The first-order valence-corrected chi connectivity index (χ1v) is 36.6. The Morgan fingerprint density at radius 1 is 0.476 bits per heavy atom. The molecule has 1 fully saturated rings. The van der Waals surface area contributed by atoms with Crippen LogP contribution in [0, 0.1) is 0 Å². The lowest BCUT2D eigenvalue weighted by Crippen LogP contribution is -2.61. The van der Waals surface area contributed by atoms with Crippen LogP contribution in [0.3, 0.4) is 0 Å². The Labute approximate surface area is 505 Å². The summed E-state index contributed by atoms with van der Waals surface area (Å²) >= 11 is 0. The highest BCUT2D eigenvalue weighted by atomic mass is 32.3. The topological polar surface area (TPSA) is 192 Å². The second-order valence-electron chi connectivity index (χ2n) is 24.8. The van der Waals surface area contributed by atoms with Crippen molar-refractivity contribution in [3.63, 3.8) is 0 Å². The van der Waals surface area contributed by atoms with Crippen molar-refractivity contribution in [2.75, 3.05) is 13.2 Å². The highest BCUT2D eigenvalue weighted by Gasteiger charge is 2.48. The van der Waals surface area contributed by atoms with E-state index in [4.69, 9.17) is 9.47 Å². The number of unbranched alkanes of at least 4 members (excludes halogenated alkanes) is 49. The molecule has 0 spiro atoms. The molecule has 0 saturated carbocycles. The van der Waals surface area contributed by atoms with Crippen molar-refractivity contribution in [2.24, 2.45) is 0 Å². The summed E-state index contributed by atoms with van der Waals surface area (Å²) in [7, 11) is -5.09. The summed E-state index contributed by atoms with van der Waals surface area (Å²) in [5.41, 5.74) is 0. The fourth-order valence-electron chi connectivity index (χ4n) is 11.6. The van der Waals surface area contributed by atoms with Crippen LogP contribution < -0.4 is 5.32 Å². The van der Waals surface area contributed by atoms with Crippen LogP contribution in [0.5, 0.6) is 0 Å². The van der Waals surface area contributed by atoms with Gasteiger partial charge in [-0.15, -0.1) is 0 Å². The van der Waals surface area contributed by atoms with Crippen LogP contribution in [0.1, 0.15) is 354 Å². The van der Waals surface area contributed by atoms with E-state index >= 15 is 0 Å². The van der Waals surface area contributed by atoms with Gasteiger partial charge in [0.1, 0.15) is 24.4 Å². The van der Waals surface area contributed by atoms with Crippen molar-refractivity contribution in [3.8, 4) is 0 Å². The number of aliphatic hydroxyl groups is 4. The van der Waals surface area contributed by atoms with E-state index in [2.05, 4.69) is 35.5 Å². The van der Waals surface area contributed by atoms with Crippen LogP contribution in [0.15, 0.2) is 24.3 Å². The molecule has 7 unspecified atom stereocenters. The fourth-order valence-corrected chi connectivity index (χ4v) is 12.1. The minimum absolute atomic E-state index is 0.256. The Hall–Kier alpha value is -1.42. The maximum absolute atomic E-state index is 13.2. The molecule has 82 heavy (non-hydrogen) atoms. The number of nitrogens with one attached hydrogen (secondary N) is 1. The van der Waals surface area contributed by atoms with Gasteiger partial charge in [0.2, 0.25) is 5.91 Å². The highest BCUT2D eigenvalue weighted by molar-refractivity contribution is 7.80. The lowest BCUT2D eigenvalue weighted by atomic mass is 9.99. The zero-order valence-electron chi connectivity index (χ0n) is 53.3. The normalized spacial score (nSPS) is 18.5. The molecule has 0 bridgehead atoms. The van der Waals surface area contributed by atoms with E-state index in [0.29, 0.717) is 6.42 Å². The molecule has 0 aliphatic carbocycles. The van der Waals surface area contributed by atoms with Crippen LogP contribution in [0.2, 0.25) is 0 Å². The third-order valence-electron chi connectivity index (χ3n) is 17.0. The van der Waals surface area contributed by atoms with Gasteiger partial charge in [0, 0.05) is 6.42 Å². The van der Waals surface area contributed by atoms with Crippen LogP contribution in [-0.4, -0.2) is 95.4 Å². The number of amides is 1. The Morgan fingerprint density at radius 3 is 1.10 bits per heavy atom. The molecule has 12 nitrogen and oxygen atoms in total. The average Bonchev–Trinajstić information content (AvgIpc) is 3.62. The SMILES string of the molecule is CCCCCCCCCCCCCCCC/C=C/C(O)C(COC1OC(CO)C(O)C(OS(=O)(=O)O)C1O)NC(=O)CCCCCCCCCCCCCCCCCCC/C=C\CCCCCCCCCCCCCCCCCCCC. The van der Waals surface area contributed by atoms with E-state index in [9.17, 15) is 38.2 Å². The van der Waals surface area contributed by atoms with Crippen molar-refractivity contribution < 1.29 is 51.8 Å². The molecular formula is C69H133NO11S. The van der Waals surface area contributed by atoms with E-state index in [0.717, 1.165) is 38.5 Å². The summed E-state index contributed by atoms with van der Waals surface area (Å²) in [5, 5.41) is 45.1. The van der Waals surface area contributed by atoms with Crippen molar-refractivity contribution >= 4 is 16.3 Å². The van der Waals surface area contributed by atoms with Crippen LogP contribution >= 0.6 is 0 Å². The van der Waals surface area contributed by atoms with E-state index in [1.54, 1.807) is 6.08 Å². The predicted molar refractivity (Wildman–Crippen MR) is 342 cm³/mol. The molecule has 0 aromatic rings. The zero-order valence-corrected chi connectivity index (χ0v) is 54.2. The highest BCUT2D eigenvalue weighted by Crippen LogP contribution is 2.26. The van der Waals surface area contributed by atoms with Crippen molar-refractivity contribution in [2.45, 2.75) is 397 Å². The van der Waals surface area contributed by atoms with Gasteiger partial charge >= 0.3 is 10.4 Å². The molecule has 0 radical (unpaired) electrons. The van der Waals surface area contributed by atoms with Gasteiger partial charge in [-0.1, -0.05) is 327 Å². The Morgan fingerprint density at radius 2 is 0.780 bits per heavy atom. The number of ether oxygens (including phenoxy) is 2. The molecule has 13 heteroatoms. The van der Waals surface area contributed by atoms with E-state index in [1.807, 2.05) is 6.08 Å². The molecule has 7 atom stereocenters. The minimum atomic E-state index is -5.09. The fraction of sp³-hybridized carbons (Fsp3) is 0.928. The van der Waals surface area contributed by atoms with Gasteiger partial charge in [0.05, 0.1) is 25.4 Å². The molecule has 0 aromatic carbocycles. The second kappa shape index (κ2) is 58.6. The van der Waals surface area contributed by atoms with Gasteiger partial charge in [-0.3, -0.25) is 9.35 Å². The molecule has 1 saturated heterocycles. The van der Waals surface area contributed by atoms with Crippen molar-refractivity contribution in [3.05, 3.63) is 24.3 Å². The summed E-state index contributed by atoms with van der Waals surface area (Å²) in [6.45, 7) is 3.45. The Kier molecular flexibility index (Phi) is 56.2. The maximum Gasteiger partial charge on any atom is 0.397 e. The molecule has 1 heterocycles. The zero-order chi connectivity index (χ0) is 59.7. The first-order valence-electron chi connectivity index (χ1n) is 35.2. The second-order valence-corrected chi connectivity index (χ2v) is 25.9. The quantitative estimate of drug-likeness (QED) is 0.0193. The molecule has 1 rings (SSSR count).